The van der Waals surface area contributed by atoms with Crippen molar-refractivity contribution in [3.8, 4) is 0 Å². The fourth-order valence-electron chi connectivity index (χ4n) is 2.65. The van der Waals surface area contributed by atoms with Crippen LogP contribution < -0.4 is 16.0 Å². The SMILES string of the molecule is CC(C)(C)OC(=O)NC1CC(NC2CC2NC(=O)OC(C)(C)C)C1. The van der Waals surface area contributed by atoms with Crippen molar-refractivity contribution < 1.29 is 19.1 Å². The summed E-state index contributed by atoms with van der Waals surface area (Å²) in [6.45, 7) is 11.1. The summed E-state index contributed by atoms with van der Waals surface area (Å²) in [6.07, 6.45) is 1.96. The zero-order valence-electron chi connectivity index (χ0n) is 15.6. The molecule has 7 nitrogen and oxygen atoms in total. The molecule has 0 saturated heterocycles. The summed E-state index contributed by atoms with van der Waals surface area (Å²) in [5, 5.41) is 9.24. The quantitative estimate of drug-likeness (QED) is 0.730. The Labute approximate surface area is 144 Å². The van der Waals surface area contributed by atoms with Crippen LogP contribution in [0, 0.1) is 0 Å². The van der Waals surface area contributed by atoms with E-state index in [9.17, 15) is 9.59 Å². The van der Waals surface area contributed by atoms with E-state index in [4.69, 9.17) is 9.47 Å². The predicted molar refractivity (Wildman–Crippen MR) is 90.9 cm³/mol. The van der Waals surface area contributed by atoms with Crippen LogP contribution in [0.15, 0.2) is 0 Å². The molecule has 0 heterocycles. The molecule has 0 aromatic carbocycles. The van der Waals surface area contributed by atoms with E-state index < -0.39 is 11.2 Å². The van der Waals surface area contributed by atoms with Gasteiger partial charge in [0.2, 0.25) is 0 Å². The maximum absolute atomic E-state index is 11.7. The fourth-order valence-corrected chi connectivity index (χ4v) is 2.65. The molecule has 2 unspecified atom stereocenters. The van der Waals surface area contributed by atoms with Gasteiger partial charge in [0.15, 0.2) is 0 Å². The van der Waals surface area contributed by atoms with Crippen LogP contribution in [0.1, 0.15) is 60.8 Å². The molecule has 2 fully saturated rings. The number of alkyl carbamates (subject to hydrolysis) is 2. The molecule has 2 atom stereocenters. The van der Waals surface area contributed by atoms with Crippen LogP contribution in [0.2, 0.25) is 0 Å². The molecule has 2 aliphatic rings. The largest absolute Gasteiger partial charge is 0.444 e. The maximum atomic E-state index is 11.7. The Morgan fingerprint density at radius 2 is 1.25 bits per heavy atom. The highest BCUT2D eigenvalue weighted by Crippen LogP contribution is 2.28. The molecule has 0 aromatic heterocycles. The standard InChI is InChI=1S/C17H31N3O4/c1-16(2,3)23-14(21)19-11-7-10(8-11)18-12-9-13(12)20-15(22)24-17(4,5)6/h10-13,18H,7-9H2,1-6H3,(H,19,21)(H,20,22). The third kappa shape index (κ3) is 6.55. The van der Waals surface area contributed by atoms with Gasteiger partial charge in [0.25, 0.3) is 0 Å². The van der Waals surface area contributed by atoms with Gasteiger partial charge >= 0.3 is 12.2 Å². The van der Waals surface area contributed by atoms with Crippen molar-refractivity contribution in [2.45, 2.75) is 96.2 Å². The fraction of sp³-hybridized carbons (Fsp3) is 0.882. The van der Waals surface area contributed by atoms with E-state index in [1.54, 1.807) is 0 Å². The van der Waals surface area contributed by atoms with Gasteiger partial charge in [-0.2, -0.15) is 0 Å². The Balaban J connectivity index is 1.57. The zero-order valence-corrected chi connectivity index (χ0v) is 15.6. The summed E-state index contributed by atoms with van der Waals surface area (Å²) >= 11 is 0. The van der Waals surface area contributed by atoms with E-state index >= 15 is 0 Å². The molecule has 0 spiro atoms. The monoisotopic (exact) mass is 341 g/mol. The summed E-state index contributed by atoms with van der Waals surface area (Å²) < 4.78 is 10.5. The van der Waals surface area contributed by atoms with Gasteiger partial charge in [-0.3, -0.25) is 0 Å². The second-order valence-corrected chi connectivity index (χ2v) is 8.77. The number of hydrogen-bond donors (Lipinski definition) is 3. The van der Waals surface area contributed by atoms with Crippen molar-refractivity contribution in [3.05, 3.63) is 0 Å². The minimum absolute atomic E-state index is 0.137. The average Bonchev–Trinajstić information content (AvgIpc) is 2.98. The first-order valence-electron chi connectivity index (χ1n) is 8.66. The van der Waals surface area contributed by atoms with Crippen molar-refractivity contribution >= 4 is 12.2 Å². The third-order valence-corrected chi connectivity index (χ3v) is 3.80. The Hall–Kier alpha value is -1.50. The molecule has 7 heteroatoms. The van der Waals surface area contributed by atoms with Gasteiger partial charge in [-0.15, -0.1) is 0 Å². The van der Waals surface area contributed by atoms with Crippen LogP contribution >= 0.6 is 0 Å². The highest BCUT2D eigenvalue weighted by atomic mass is 16.6. The molecular formula is C17H31N3O4. The number of carbonyl (C=O) groups is 2. The smallest absolute Gasteiger partial charge is 0.407 e. The lowest BCUT2D eigenvalue weighted by Gasteiger charge is -2.37. The van der Waals surface area contributed by atoms with Gasteiger partial charge in [-0.25, -0.2) is 9.59 Å². The van der Waals surface area contributed by atoms with Gasteiger partial charge < -0.3 is 25.4 Å². The first-order chi connectivity index (χ1) is 10.9. The summed E-state index contributed by atoms with van der Waals surface area (Å²) in [5.74, 6) is 0. The Morgan fingerprint density at radius 3 is 1.75 bits per heavy atom. The van der Waals surface area contributed by atoms with Gasteiger partial charge in [-0.1, -0.05) is 0 Å². The second kappa shape index (κ2) is 6.78. The van der Waals surface area contributed by atoms with E-state index in [0.717, 1.165) is 19.3 Å². The van der Waals surface area contributed by atoms with Gasteiger partial charge in [-0.05, 0) is 60.8 Å². The second-order valence-electron chi connectivity index (χ2n) is 8.77. The maximum Gasteiger partial charge on any atom is 0.407 e. The van der Waals surface area contributed by atoms with Gasteiger partial charge in [0.1, 0.15) is 11.2 Å². The number of ether oxygens (including phenoxy) is 2. The van der Waals surface area contributed by atoms with Crippen molar-refractivity contribution in [1.29, 1.82) is 0 Å². The topological polar surface area (TPSA) is 88.7 Å². The Bertz CT molecular complexity index is 475. The first kappa shape index (κ1) is 18.8. The Morgan fingerprint density at radius 1 is 0.750 bits per heavy atom. The minimum atomic E-state index is -0.476. The number of rotatable bonds is 4. The normalized spacial score (nSPS) is 29.2. The van der Waals surface area contributed by atoms with E-state index in [2.05, 4.69) is 16.0 Å². The first-order valence-corrected chi connectivity index (χ1v) is 8.66. The van der Waals surface area contributed by atoms with E-state index in [0.29, 0.717) is 12.1 Å². The summed E-state index contributed by atoms with van der Waals surface area (Å²) in [6, 6.07) is 0.969. The summed E-state index contributed by atoms with van der Waals surface area (Å²) in [5.41, 5.74) is -0.948. The van der Waals surface area contributed by atoms with Gasteiger partial charge in [0.05, 0.1) is 0 Å². The van der Waals surface area contributed by atoms with E-state index in [1.807, 2.05) is 41.5 Å². The van der Waals surface area contributed by atoms with E-state index in [-0.39, 0.29) is 24.3 Å². The predicted octanol–water partition coefficient (Wildman–Crippen LogP) is 2.30. The van der Waals surface area contributed by atoms with Crippen LogP contribution in [0.3, 0.4) is 0 Å². The van der Waals surface area contributed by atoms with E-state index in [1.165, 1.54) is 0 Å². The number of hydrogen-bond acceptors (Lipinski definition) is 5. The van der Waals surface area contributed by atoms with Crippen LogP contribution in [0.5, 0.6) is 0 Å². The lowest BCUT2D eigenvalue weighted by atomic mass is 9.87. The highest BCUT2D eigenvalue weighted by Gasteiger charge is 2.43. The molecule has 2 saturated carbocycles. The number of amides is 2. The number of nitrogens with one attached hydrogen (secondary N) is 3. The lowest BCUT2D eigenvalue weighted by molar-refractivity contribution is 0.0458. The lowest BCUT2D eigenvalue weighted by Crippen LogP contribution is -2.54. The number of carbonyl (C=O) groups excluding carboxylic acids is 2. The average molecular weight is 341 g/mol. The van der Waals surface area contributed by atoms with Crippen molar-refractivity contribution in [3.63, 3.8) is 0 Å². The zero-order chi connectivity index (χ0) is 18.1. The van der Waals surface area contributed by atoms with Crippen molar-refractivity contribution in [2.24, 2.45) is 0 Å². The molecule has 2 aliphatic carbocycles. The third-order valence-electron chi connectivity index (χ3n) is 3.80. The highest BCUT2D eigenvalue weighted by molar-refractivity contribution is 5.69. The molecule has 0 aromatic rings. The molecular weight excluding hydrogens is 310 g/mol. The van der Waals surface area contributed by atoms with Crippen molar-refractivity contribution in [1.82, 2.24) is 16.0 Å². The van der Waals surface area contributed by atoms with Crippen molar-refractivity contribution in [2.75, 3.05) is 0 Å². The molecule has 0 bridgehead atoms. The van der Waals surface area contributed by atoms with Crippen LogP contribution in [0.25, 0.3) is 0 Å². The van der Waals surface area contributed by atoms with Crippen LogP contribution in [0.4, 0.5) is 9.59 Å². The minimum Gasteiger partial charge on any atom is -0.444 e. The van der Waals surface area contributed by atoms with Crippen LogP contribution in [-0.4, -0.2) is 47.6 Å². The molecule has 2 amide bonds. The molecule has 0 aliphatic heterocycles. The Kier molecular flexibility index (Phi) is 5.32. The van der Waals surface area contributed by atoms with Crippen LogP contribution in [-0.2, 0) is 9.47 Å². The summed E-state index contributed by atoms with van der Waals surface area (Å²) in [7, 11) is 0. The summed E-state index contributed by atoms with van der Waals surface area (Å²) in [4.78, 5) is 23.4. The molecule has 0 radical (unpaired) electrons. The molecule has 2 rings (SSSR count). The molecule has 3 N–H and O–H groups in total. The molecule has 24 heavy (non-hydrogen) atoms. The molecule has 138 valence electrons. The van der Waals surface area contributed by atoms with Gasteiger partial charge in [0, 0.05) is 24.2 Å².